The van der Waals surface area contributed by atoms with Crippen LogP contribution >= 0.6 is 0 Å². The second-order valence-corrected chi connectivity index (χ2v) is 6.18. The molecular formula is C17H29NO2. The van der Waals surface area contributed by atoms with Crippen molar-refractivity contribution < 1.29 is 9.84 Å². The summed E-state index contributed by atoms with van der Waals surface area (Å²) in [6.45, 7) is 11.2. The van der Waals surface area contributed by atoms with Crippen LogP contribution in [-0.2, 0) is 0 Å². The zero-order chi connectivity index (χ0) is 15.3. The average molecular weight is 279 g/mol. The van der Waals surface area contributed by atoms with Crippen molar-refractivity contribution in [1.29, 1.82) is 0 Å². The van der Waals surface area contributed by atoms with Crippen LogP contribution in [0.25, 0.3) is 0 Å². The number of aliphatic hydroxyl groups excluding tert-OH is 1. The first-order valence-corrected chi connectivity index (χ1v) is 7.46. The molecule has 20 heavy (non-hydrogen) atoms. The third kappa shape index (κ3) is 5.14. The first kappa shape index (κ1) is 17.0. The molecule has 0 aliphatic rings. The number of hydrogen-bond donors (Lipinski definition) is 1. The van der Waals surface area contributed by atoms with Crippen LogP contribution in [0.5, 0.6) is 5.75 Å². The normalized spacial score (nSPS) is 14.9. The fourth-order valence-electron chi connectivity index (χ4n) is 2.09. The zero-order valence-electron chi connectivity index (χ0n) is 13.6. The highest BCUT2D eigenvalue weighted by molar-refractivity contribution is 5.28. The summed E-state index contributed by atoms with van der Waals surface area (Å²) in [5.41, 5.74) is 0.934. The van der Waals surface area contributed by atoms with Gasteiger partial charge < -0.3 is 14.7 Å². The Kier molecular flexibility index (Phi) is 6.50. The van der Waals surface area contributed by atoms with Crippen molar-refractivity contribution in [2.45, 2.75) is 52.9 Å². The lowest BCUT2D eigenvalue weighted by molar-refractivity contribution is 0.0954. The van der Waals surface area contributed by atoms with Gasteiger partial charge in [-0.05, 0) is 51.4 Å². The SMILES string of the molecule is CC(C)Oc1ccc(C(O)CN(C)C(C)C(C)C)cc1. The zero-order valence-corrected chi connectivity index (χ0v) is 13.6. The van der Waals surface area contributed by atoms with Gasteiger partial charge in [0.25, 0.3) is 0 Å². The lowest BCUT2D eigenvalue weighted by atomic mass is 10.0. The van der Waals surface area contributed by atoms with Crippen LogP contribution in [0, 0.1) is 5.92 Å². The Bertz CT molecular complexity index is 386. The van der Waals surface area contributed by atoms with Gasteiger partial charge in [0.05, 0.1) is 12.2 Å². The van der Waals surface area contributed by atoms with Gasteiger partial charge in [-0.1, -0.05) is 26.0 Å². The fraction of sp³-hybridized carbons (Fsp3) is 0.647. The minimum absolute atomic E-state index is 0.170. The van der Waals surface area contributed by atoms with E-state index in [4.69, 9.17) is 4.74 Å². The highest BCUT2D eigenvalue weighted by Gasteiger charge is 2.17. The Morgan fingerprint density at radius 1 is 1.05 bits per heavy atom. The van der Waals surface area contributed by atoms with Gasteiger partial charge >= 0.3 is 0 Å². The first-order chi connectivity index (χ1) is 9.31. The van der Waals surface area contributed by atoms with Gasteiger partial charge in [-0.2, -0.15) is 0 Å². The standard InChI is InChI=1S/C17H29NO2/c1-12(2)14(5)18(6)11-17(19)15-7-9-16(10-8-15)20-13(3)4/h7-10,12-14,17,19H,11H2,1-6H3. The molecule has 0 spiro atoms. The van der Waals surface area contributed by atoms with E-state index in [1.165, 1.54) is 0 Å². The minimum atomic E-state index is -0.464. The molecule has 0 saturated carbocycles. The third-order valence-corrected chi connectivity index (χ3v) is 3.76. The summed E-state index contributed by atoms with van der Waals surface area (Å²) >= 11 is 0. The summed E-state index contributed by atoms with van der Waals surface area (Å²) in [5.74, 6) is 1.42. The second-order valence-electron chi connectivity index (χ2n) is 6.18. The summed E-state index contributed by atoms with van der Waals surface area (Å²) in [7, 11) is 2.06. The van der Waals surface area contributed by atoms with E-state index in [9.17, 15) is 5.11 Å². The van der Waals surface area contributed by atoms with E-state index in [-0.39, 0.29) is 6.10 Å². The topological polar surface area (TPSA) is 32.7 Å². The van der Waals surface area contributed by atoms with Gasteiger partial charge in [-0.3, -0.25) is 0 Å². The van der Waals surface area contributed by atoms with E-state index in [0.29, 0.717) is 18.5 Å². The molecule has 0 saturated heterocycles. The lowest BCUT2D eigenvalue weighted by Crippen LogP contribution is -2.36. The van der Waals surface area contributed by atoms with Gasteiger partial charge in [0.15, 0.2) is 0 Å². The summed E-state index contributed by atoms with van der Waals surface area (Å²) in [4.78, 5) is 2.20. The Hall–Kier alpha value is -1.06. The average Bonchev–Trinajstić information content (AvgIpc) is 2.37. The summed E-state index contributed by atoms with van der Waals surface area (Å²) < 4.78 is 5.61. The van der Waals surface area contributed by atoms with E-state index < -0.39 is 6.10 Å². The lowest BCUT2D eigenvalue weighted by Gasteiger charge is -2.29. The largest absolute Gasteiger partial charge is 0.491 e. The molecule has 1 rings (SSSR count). The Morgan fingerprint density at radius 3 is 2.05 bits per heavy atom. The van der Waals surface area contributed by atoms with E-state index in [0.717, 1.165) is 11.3 Å². The van der Waals surface area contributed by atoms with Crippen molar-refractivity contribution >= 4 is 0 Å². The number of rotatable bonds is 7. The maximum Gasteiger partial charge on any atom is 0.119 e. The van der Waals surface area contributed by atoms with Crippen LogP contribution in [0.1, 0.15) is 46.3 Å². The molecule has 0 aliphatic heterocycles. The van der Waals surface area contributed by atoms with Crippen LogP contribution < -0.4 is 4.74 Å². The molecule has 1 N–H and O–H groups in total. The fourth-order valence-corrected chi connectivity index (χ4v) is 2.09. The van der Waals surface area contributed by atoms with E-state index in [1.807, 2.05) is 38.1 Å². The van der Waals surface area contributed by atoms with Gasteiger partial charge in [-0.15, -0.1) is 0 Å². The third-order valence-electron chi connectivity index (χ3n) is 3.76. The molecule has 2 atom stereocenters. The number of benzene rings is 1. The Morgan fingerprint density at radius 2 is 1.60 bits per heavy atom. The second kappa shape index (κ2) is 7.65. The van der Waals surface area contributed by atoms with Crippen molar-refractivity contribution in [2.75, 3.05) is 13.6 Å². The number of nitrogens with zero attached hydrogens (tertiary/aromatic N) is 1. The molecule has 0 aliphatic carbocycles. The Labute approximate surface area is 123 Å². The molecular weight excluding hydrogens is 250 g/mol. The molecule has 114 valence electrons. The smallest absolute Gasteiger partial charge is 0.119 e. The number of hydrogen-bond acceptors (Lipinski definition) is 3. The van der Waals surface area contributed by atoms with Crippen LogP contribution in [0.3, 0.4) is 0 Å². The molecule has 3 heteroatoms. The predicted octanol–water partition coefficient (Wildman–Crippen LogP) is 3.48. The van der Waals surface area contributed by atoms with E-state index in [2.05, 4.69) is 32.7 Å². The number of likely N-dealkylation sites (N-methyl/N-ethyl adjacent to an activating group) is 1. The van der Waals surface area contributed by atoms with Crippen LogP contribution in [-0.4, -0.2) is 35.7 Å². The molecule has 0 amide bonds. The van der Waals surface area contributed by atoms with Gasteiger partial charge in [0.1, 0.15) is 5.75 Å². The molecule has 1 aromatic rings. The highest BCUT2D eigenvalue weighted by Crippen LogP contribution is 2.20. The quantitative estimate of drug-likeness (QED) is 0.829. The Balaban J connectivity index is 2.61. The minimum Gasteiger partial charge on any atom is -0.491 e. The predicted molar refractivity (Wildman–Crippen MR) is 84.1 cm³/mol. The van der Waals surface area contributed by atoms with E-state index in [1.54, 1.807) is 0 Å². The van der Waals surface area contributed by atoms with E-state index >= 15 is 0 Å². The highest BCUT2D eigenvalue weighted by atomic mass is 16.5. The van der Waals surface area contributed by atoms with Crippen LogP contribution in [0.2, 0.25) is 0 Å². The maximum atomic E-state index is 10.3. The molecule has 1 aromatic carbocycles. The summed E-state index contributed by atoms with van der Waals surface area (Å²) in [6, 6.07) is 8.18. The van der Waals surface area contributed by atoms with Crippen molar-refractivity contribution in [3.8, 4) is 5.75 Å². The molecule has 0 fully saturated rings. The number of aliphatic hydroxyl groups is 1. The molecule has 0 bridgehead atoms. The van der Waals surface area contributed by atoms with Gasteiger partial charge in [-0.25, -0.2) is 0 Å². The van der Waals surface area contributed by atoms with Crippen molar-refractivity contribution in [3.05, 3.63) is 29.8 Å². The summed E-state index contributed by atoms with van der Waals surface area (Å²) in [6.07, 6.45) is -0.293. The monoisotopic (exact) mass is 279 g/mol. The molecule has 0 heterocycles. The molecule has 3 nitrogen and oxygen atoms in total. The van der Waals surface area contributed by atoms with Gasteiger partial charge in [0, 0.05) is 12.6 Å². The van der Waals surface area contributed by atoms with Crippen molar-refractivity contribution in [3.63, 3.8) is 0 Å². The first-order valence-electron chi connectivity index (χ1n) is 7.46. The number of ether oxygens (including phenoxy) is 1. The van der Waals surface area contributed by atoms with Crippen LogP contribution in [0.15, 0.2) is 24.3 Å². The molecule has 0 radical (unpaired) electrons. The van der Waals surface area contributed by atoms with Crippen molar-refractivity contribution in [2.24, 2.45) is 5.92 Å². The van der Waals surface area contributed by atoms with Gasteiger partial charge in [0.2, 0.25) is 0 Å². The molecule has 0 aromatic heterocycles. The summed E-state index contributed by atoms with van der Waals surface area (Å²) in [5, 5.41) is 10.3. The maximum absolute atomic E-state index is 10.3. The van der Waals surface area contributed by atoms with Crippen LogP contribution in [0.4, 0.5) is 0 Å². The molecule has 2 unspecified atom stereocenters. The van der Waals surface area contributed by atoms with Crippen molar-refractivity contribution in [1.82, 2.24) is 4.90 Å².